The third kappa shape index (κ3) is 2.61. The molecule has 1 aliphatic heterocycles. The van der Waals surface area contributed by atoms with Gasteiger partial charge in [0.1, 0.15) is 11.8 Å². The number of rotatable bonds is 4. The number of fused-ring (bicyclic) bond motifs is 1. The molecule has 1 saturated heterocycles. The Morgan fingerprint density at radius 3 is 2.80 bits per heavy atom. The van der Waals surface area contributed by atoms with E-state index in [0.717, 1.165) is 16.5 Å². The number of ether oxygens (including phenoxy) is 1. The van der Waals surface area contributed by atoms with Gasteiger partial charge < -0.3 is 15.0 Å². The van der Waals surface area contributed by atoms with Crippen molar-refractivity contribution in [2.45, 2.75) is 12.5 Å². The van der Waals surface area contributed by atoms with E-state index in [-0.39, 0.29) is 5.91 Å². The Labute approximate surface area is 144 Å². The molecule has 0 radical (unpaired) electrons. The quantitative estimate of drug-likeness (QED) is 0.720. The van der Waals surface area contributed by atoms with Gasteiger partial charge in [-0.25, -0.2) is 9.69 Å². The van der Waals surface area contributed by atoms with Crippen LogP contribution >= 0.6 is 0 Å². The Balaban J connectivity index is 1.60. The second kappa shape index (κ2) is 5.98. The Kier molecular flexibility index (Phi) is 3.65. The van der Waals surface area contributed by atoms with Crippen LogP contribution in [0.4, 0.5) is 10.5 Å². The lowest BCUT2D eigenvalue weighted by molar-refractivity contribution is -0.118. The van der Waals surface area contributed by atoms with Crippen LogP contribution in [0.5, 0.6) is 5.75 Å². The summed E-state index contributed by atoms with van der Waals surface area (Å²) in [6, 6.07) is 13.8. The number of amides is 3. The maximum Gasteiger partial charge on any atom is 0.329 e. The first kappa shape index (κ1) is 15.3. The fraction of sp³-hybridized carbons (Fsp3) is 0.158. The van der Waals surface area contributed by atoms with E-state index < -0.39 is 12.1 Å². The van der Waals surface area contributed by atoms with Crippen molar-refractivity contribution in [3.8, 4) is 5.75 Å². The normalized spacial score (nSPS) is 17.2. The number of anilines is 1. The number of methoxy groups -OCH3 is 1. The molecule has 0 spiro atoms. The van der Waals surface area contributed by atoms with Crippen LogP contribution in [0.3, 0.4) is 0 Å². The minimum atomic E-state index is -0.585. The molecule has 0 saturated carbocycles. The van der Waals surface area contributed by atoms with Crippen LogP contribution in [0.1, 0.15) is 5.56 Å². The molecule has 25 heavy (non-hydrogen) atoms. The van der Waals surface area contributed by atoms with Crippen molar-refractivity contribution in [3.05, 3.63) is 60.3 Å². The van der Waals surface area contributed by atoms with Crippen LogP contribution in [0, 0.1) is 0 Å². The smallest absolute Gasteiger partial charge is 0.329 e. The lowest BCUT2D eigenvalue weighted by Gasteiger charge is -2.14. The molecule has 6 heteroatoms. The molecule has 1 fully saturated rings. The first-order valence-corrected chi connectivity index (χ1v) is 8.01. The van der Waals surface area contributed by atoms with Gasteiger partial charge in [0, 0.05) is 29.6 Å². The topological polar surface area (TPSA) is 74.4 Å². The number of carbonyl (C=O) groups excluding carboxylic acids is 2. The Bertz CT molecular complexity index is 963. The molecule has 0 bridgehead atoms. The molecule has 1 aliphatic rings. The summed E-state index contributed by atoms with van der Waals surface area (Å²) < 4.78 is 5.17. The van der Waals surface area contributed by atoms with Crippen LogP contribution in [-0.2, 0) is 11.2 Å². The number of H-pyrrole nitrogens is 1. The molecule has 3 amide bonds. The van der Waals surface area contributed by atoms with Crippen LogP contribution in [-0.4, -0.2) is 30.1 Å². The predicted octanol–water partition coefficient (Wildman–Crippen LogP) is 2.84. The standard InChI is InChI=1S/C19H17N3O3/c1-25-14-6-4-5-13(10-14)22-18(23)17(21-19(22)24)9-12-11-20-16-8-3-2-7-15(12)16/h2-8,10-11,17,20H,9H2,1H3,(H,21,24)/t17-/m0/s1. The average Bonchev–Trinajstić information content (AvgIpc) is 3.16. The molecular formula is C19H17N3O3. The zero-order chi connectivity index (χ0) is 17.4. The van der Waals surface area contributed by atoms with Gasteiger partial charge in [-0.15, -0.1) is 0 Å². The summed E-state index contributed by atoms with van der Waals surface area (Å²) in [7, 11) is 1.55. The van der Waals surface area contributed by atoms with Gasteiger partial charge in [0.05, 0.1) is 12.8 Å². The van der Waals surface area contributed by atoms with Crippen molar-refractivity contribution in [2.75, 3.05) is 12.0 Å². The van der Waals surface area contributed by atoms with Gasteiger partial charge in [-0.3, -0.25) is 4.79 Å². The highest BCUT2D eigenvalue weighted by atomic mass is 16.5. The number of nitrogens with zero attached hydrogens (tertiary/aromatic N) is 1. The molecular weight excluding hydrogens is 318 g/mol. The first-order chi connectivity index (χ1) is 12.2. The number of nitrogens with one attached hydrogen (secondary N) is 2. The van der Waals surface area contributed by atoms with Crippen molar-refractivity contribution >= 4 is 28.5 Å². The van der Waals surface area contributed by atoms with E-state index in [1.54, 1.807) is 31.4 Å². The molecule has 1 aromatic heterocycles. The van der Waals surface area contributed by atoms with E-state index in [1.807, 2.05) is 30.5 Å². The average molecular weight is 335 g/mol. The van der Waals surface area contributed by atoms with Crippen LogP contribution in [0.25, 0.3) is 10.9 Å². The summed E-state index contributed by atoms with van der Waals surface area (Å²) in [5.74, 6) is 0.335. The van der Waals surface area contributed by atoms with Crippen molar-refractivity contribution in [1.82, 2.24) is 10.3 Å². The number of benzene rings is 2. The van der Waals surface area contributed by atoms with Gasteiger partial charge in [-0.1, -0.05) is 24.3 Å². The molecule has 2 N–H and O–H groups in total. The zero-order valence-corrected chi connectivity index (χ0v) is 13.7. The highest BCUT2D eigenvalue weighted by Gasteiger charge is 2.39. The minimum Gasteiger partial charge on any atom is -0.497 e. The van der Waals surface area contributed by atoms with Crippen molar-refractivity contribution < 1.29 is 14.3 Å². The largest absolute Gasteiger partial charge is 0.497 e. The van der Waals surface area contributed by atoms with E-state index in [9.17, 15) is 9.59 Å². The van der Waals surface area contributed by atoms with E-state index in [1.165, 1.54) is 4.90 Å². The third-order valence-electron chi connectivity index (χ3n) is 4.43. The van der Waals surface area contributed by atoms with E-state index in [4.69, 9.17) is 4.74 Å². The summed E-state index contributed by atoms with van der Waals surface area (Å²) in [6.45, 7) is 0. The zero-order valence-electron chi connectivity index (χ0n) is 13.7. The highest BCUT2D eigenvalue weighted by molar-refractivity contribution is 6.21. The Morgan fingerprint density at radius 2 is 1.96 bits per heavy atom. The second-order valence-electron chi connectivity index (χ2n) is 5.94. The first-order valence-electron chi connectivity index (χ1n) is 8.01. The van der Waals surface area contributed by atoms with Gasteiger partial charge in [0.15, 0.2) is 0 Å². The van der Waals surface area contributed by atoms with E-state index in [0.29, 0.717) is 17.9 Å². The summed E-state index contributed by atoms with van der Waals surface area (Å²) in [5, 5.41) is 3.84. The molecule has 2 aromatic carbocycles. The van der Waals surface area contributed by atoms with Crippen molar-refractivity contribution in [3.63, 3.8) is 0 Å². The molecule has 1 atom stereocenters. The van der Waals surface area contributed by atoms with Gasteiger partial charge in [0.25, 0.3) is 5.91 Å². The van der Waals surface area contributed by atoms with E-state index >= 15 is 0 Å². The molecule has 0 aliphatic carbocycles. The summed E-state index contributed by atoms with van der Waals surface area (Å²) in [6.07, 6.45) is 2.33. The molecule has 3 aromatic rings. The SMILES string of the molecule is COc1cccc(N2C(=O)N[C@@H](Cc3c[nH]c4ccccc34)C2=O)c1. The van der Waals surface area contributed by atoms with Gasteiger partial charge >= 0.3 is 6.03 Å². The Hall–Kier alpha value is -3.28. The predicted molar refractivity (Wildman–Crippen MR) is 94.8 cm³/mol. The number of aromatic nitrogens is 1. The highest BCUT2D eigenvalue weighted by Crippen LogP contribution is 2.26. The van der Waals surface area contributed by atoms with Crippen molar-refractivity contribution in [1.29, 1.82) is 0 Å². The third-order valence-corrected chi connectivity index (χ3v) is 4.43. The fourth-order valence-corrected chi connectivity index (χ4v) is 3.18. The molecule has 6 nitrogen and oxygen atoms in total. The number of aromatic amines is 1. The summed E-state index contributed by atoms with van der Waals surface area (Å²) in [4.78, 5) is 29.5. The number of carbonyl (C=O) groups is 2. The van der Waals surface area contributed by atoms with Crippen LogP contribution in [0.2, 0.25) is 0 Å². The number of hydrogen-bond donors (Lipinski definition) is 2. The summed E-state index contributed by atoms with van der Waals surface area (Å²) >= 11 is 0. The fourth-order valence-electron chi connectivity index (χ4n) is 3.18. The Morgan fingerprint density at radius 1 is 1.12 bits per heavy atom. The number of urea groups is 1. The number of imide groups is 1. The maximum absolute atomic E-state index is 12.8. The van der Waals surface area contributed by atoms with Gasteiger partial charge in [-0.2, -0.15) is 0 Å². The minimum absolute atomic E-state index is 0.261. The monoisotopic (exact) mass is 335 g/mol. The molecule has 126 valence electrons. The van der Waals surface area contributed by atoms with Crippen LogP contribution in [0.15, 0.2) is 54.7 Å². The van der Waals surface area contributed by atoms with Gasteiger partial charge in [-0.05, 0) is 23.8 Å². The van der Waals surface area contributed by atoms with Crippen LogP contribution < -0.4 is 15.0 Å². The van der Waals surface area contributed by atoms with Crippen molar-refractivity contribution in [2.24, 2.45) is 0 Å². The molecule has 4 rings (SSSR count). The van der Waals surface area contributed by atoms with Gasteiger partial charge in [0.2, 0.25) is 0 Å². The lowest BCUT2D eigenvalue weighted by atomic mass is 10.0. The lowest BCUT2D eigenvalue weighted by Crippen LogP contribution is -2.32. The second-order valence-corrected chi connectivity index (χ2v) is 5.94. The molecule has 2 heterocycles. The summed E-state index contributed by atoms with van der Waals surface area (Å²) in [5.41, 5.74) is 2.52. The maximum atomic E-state index is 12.8. The van der Waals surface area contributed by atoms with E-state index in [2.05, 4.69) is 10.3 Å². The number of para-hydroxylation sites is 1. The molecule has 0 unspecified atom stereocenters. The number of hydrogen-bond acceptors (Lipinski definition) is 3.